The highest BCUT2D eigenvalue weighted by atomic mass is 16.4. The average Bonchev–Trinajstić information content (AvgIpc) is 2.40. The van der Waals surface area contributed by atoms with Gasteiger partial charge in [-0.25, -0.2) is 4.79 Å². The zero-order valence-corrected chi connectivity index (χ0v) is 11.6. The quantitative estimate of drug-likeness (QED) is 0.878. The Morgan fingerprint density at radius 2 is 1.84 bits per heavy atom. The molecule has 0 unspecified atom stereocenters. The summed E-state index contributed by atoms with van der Waals surface area (Å²) in [7, 11) is 0. The van der Waals surface area contributed by atoms with Gasteiger partial charge >= 0.3 is 6.09 Å². The van der Waals surface area contributed by atoms with Gasteiger partial charge < -0.3 is 15.3 Å². The summed E-state index contributed by atoms with van der Waals surface area (Å²) in [6.45, 7) is 5.61. The number of nitrogens with one attached hydrogen (secondary N) is 1. The molecule has 1 amide bonds. The lowest BCUT2D eigenvalue weighted by Crippen LogP contribution is -2.41. The van der Waals surface area contributed by atoms with Gasteiger partial charge in [-0.15, -0.1) is 0 Å². The number of rotatable bonds is 3. The summed E-state index contributed by atoms with van der Waals surface area (Å²) < 4.78 is 0. The monoisotopic (exact) mass is 262 g/mol. The molecule has 1 heterocycles. The zero-order chi connectivity index (χ0) is 13.8. The smallest absolute Gasteiger partial charge is 0.407 e. The number of amides is 1. The van der Waals surface area contributed by atoms with E-state index in [4.69, 9.17) is 5.11 Å². The molecule has 4 nitrogen and oxygen atoms in total. The lowest BCUT2D eigenvalue weighted by molar-refractivity contribution is 0.134. The van der Waals surface area contributed by atoms with Crippen molar-refractivity contribution in [2.45, 2.75) is 38.6 Å². The summed E-state index contributed by atoms with van der Waals surface area (Å²) in [5.41, 5.74) is 2.46. The number of likely N-dealkylation sites (tertiary alicyclic amines) is 1. The summed E-state index contributed by atoms with van der Waals surface area (Å²) in [6.07, 6.45) is 0.941. The maximum absolute atomic E-state index is 10.8. The van der Waals surface area contributed by atoms with E-state index in [0.29, 0.717) is 25.0 Å². The lowest BCUT2D eigenvalue weighted by Gasteiger charge is -2.31. The van der Waals surface area contributed by atoms with Crippen LogP contribution in [0, 0.1) is 0 Å². The summed E-state index contributed by atoms with van der Waals surface area (Å²) in [4.78, 5) is 12.3. The Morgan fingerprint density at radius 1 is 1.26 bits per heavy atom. The Kier molecular flexibility index (Phi) is 4.30. The molecular formula is C15H22N2O2. The summed E-state index contributed by atoms with van der Waals surface area (Å²) in [5.74, 6) is 0.549. The maximum atomic E-state index is 10.8. The second kappa shape index (κ2) is 5.95. The lowest BCUT2D eigenvalue weighted by atomic mass is 10.0. The minimum absolute atomic E-state index is 0.375. The van der Waals surface area contributed by atoms with E-state index in [0.717, 1.165) is 18.5 Å². The molecule has 0 aromatic heterocycles. The van der Waals surface area contributed by atoms with Gasteiger partial charge in [0.2, 0.25) is 0 Å². The molecule has 0 radical (unpaired) electrons. The molecule has 2 rings (SSSR count). The van der Waals surface area contributed by atoms with Crippen LogP contribution in [0.15, 0.2) is 24.3 Å². The molecule has 1 aliphatic heterocycles. The van der Waals surface area contributed by atoms with Gasteiger partial charge in [0.1, 0.15) is 0 Å². The summed E-state index contributed by atoms with van der Waals surface area (Å²) >= 11 is 0. The predicted molar refractivity (Wildman–Crippen MR) is 76.8 cm³/mol. The molecule has 4 heteroatoms. The highest BCUT2D eigenvalue weighted by molar-refractivity contribution is 5.65. The highest BCUT2D eigenvalue weighted by Gasteiger charge is 2.21. The van der Waals surface area contributed by atoms with Gasteiger partial charge in [-0.1, -0.05) is 26.0 Å². The molecule has 0 aliphatic carbocycles. The van der Waals surface area contributed by atoms with Crippen LogP contribution in [0.5, 0.6) is 0 Å². The molecule has 2 N–H and O–H groups in total. The second-order valence-corrected chi connectivity index (χ2v) is 5.46. The predicted octanol–water partition coefficient (Wildman–Crippen LogP) is 3.36. The first kappa shape index (κ1) is 13.7. The second-order valence-electron chi connectivity index (χ2n) is 5.46. The van der Waals surface area contributed by atoms with Crippen molar-refractivity contribution in [1.29, 1.82) is 0 Å². The number of nitrogens with zero attached hydrogens (tertiary/aromatic N) is 1. The van der Waals surface area contributed by atoms with E-state index in [1.807, 2.05) is 0 Å². The Balaban J connectivity index is 1.87. The van der Waals surface area contributed by atoms with Gasteiger partial charge in [-0.2, -0.15) is 0 Å². The van der Waals surface area contributed by atoms with E-state index < -0.39 is 6.09 Å². The number of piperidine rings is 1. The van der Waals surface area contributed by atoms with Crippen LogP contribution in [0.4, 0.5) is 10.5 Å². The van der Waals surface area contributed by atoms with Crippen molar-refractivity contribution in [2.75, 3.05) is 18.4 Å². The van der Waals surface area contributed by atoms with Gasteiger partial charge in [0.25, 0.3) is 0 Å². The first-order valence-electron chi connectivity index (χ1n) is 6.90. The molecule has 1 aromatic rings. The largest absolute Gasteiger partial charge is 0.465 e. The van der Waals surface area contributed by atoms with Crippen LogP contribution in [0.25, 0.3) is 0 Å². The molecule has 0 bridgehead atoms. The third-order valence-electron chi connectivity index (χ3n) is 3.71. The van der Waals surface area contributed by atoms with Crippen molar-refractivity contribution < 1.29 is 9.90 Å². The Hall–Kier alpha value is -1.71. The number of hydrogen-bond donors (Lipinski definition) is 2. The Bertz CT molecular complexity index is 420. The Morgan fingerprint density at radius 3 is 2.32 bits per heavy atom. The summed E-state index contributed by atoms with van der Waals surface area (Å²) in [6, 6.07) is 8.90. The Labute approximate surface area is 114 Å². The normalized spacial score (nSPS) is 16.7. The topological polar surface area (TPSA) is 52.6 Å². The van der Waals surface area contributed by atoms with Crippen LogP contribution < -0.4 is 5.32 Å². The SMILES string of the molecule is CC(C)c1ccc(NC2CCN(C(=O)O)CC2)cc1. The van der Waals surface area contributed by atoms with Crippen molar-refractivity contribution in [2.24, 2.45) is 0 Å². The van der Waals surface area contributed by atoms with Gasteiger partial charge in [0.05, 0.1) is 0 Å². The van der Waals surface area contributed by atoms with Crippen molar-refractivity contribution in [3.63, 3.8) is 0 Å². The van der Waals surface area contributed by atoms with Crippen LogP contribution in [0.2, 0.25) is 0 Å². The van der Waals surface area contributed by atoms with Crippen molar-refractivity contribution in [3.8, 4) is 0 Å². The van der Waals surface area contributed by atoms with Crippen LogP contribution >= 0.6 is 0 Å². The number of benzene rings is 1. The fraction of sp³-hybridized carbons (Fsp3) is 0.533. The molecular weight excluding hydrogens is 240 g/mol. The minimum Gasteiger partial charge on any atom is -0.465 e. The third-order valence-corrected chi connectivity index (χ3v) is 3.71. The number of carbonyl (C=O) groups is 1. The van der Waals surface area contributed by atoms with Gasteiger partial charge in [-0.05, 0) is 36.5 Å². The molecule has 0 spiro atoms. The van der Waals surface area contributed by atoms with Gasteiger partial charge in [0, 0.05) is 24.8 Å². The molecule has 1 aliphatic rings. The zero-order valence-electron chi connectivity index (χ0n) is 11.6. The minimum atomic E-state index is -0.806. The number of carboxylic acid groups (broad SMARTS) is 1. The van der Waals surface area contributed by atoms with E-state index in [-0.39, 0.29) is 0 Å². The molecule has 104 valence electrons. The third kappa shape index (κ3) is 3.63. The molecule has 1 fully saturated rings. The van der Waals surface area contributed by atoms with Crippen LogP contribution in [0.1, 0.15) is 38.2 Å². The summed E-state index contributed by atoms with van der Waals surface area (Å²) in [5, 5.41) is 12.4. The van der Waals surface area contributed by atoms with Crippen molar-refractivity contribution >= 4 is 11.8 Å². The molecule has 19 heavy (non-hydrogen) atoms. The molecule has 0 saturated carbocycles. The van der Waals surface area contributed by atoms with E-state index >= 15 is 0 Å². The van der Waals surface area contributed by atoms with Gasteiger partial charge in [-0.3, -0.25) is 0 Å². The number of anilines is 1. The first-order chi connectivity index (χ1) is 9.06. The van der Waals surface area contributed by atoms with Crippen LogP contribution in [-0.4, -0.2) is 35.2 Å². The van der Waals surface area contributed by atoms with Crippen molar-refractivity contribution in [3.05, 3.63) is 29.8 Å². The fourth-order valence-electron chi connectivity index (χ4n) is 2.42. The fourth-order valence-corrected chi connectivity index (χ4v) is 2.42. The van der Waals surface area contributed by atoms with Crippen molar-refractivity contribution in [1.82, 2.24) is 4.90 Å². The highest BCUT2D eigenvalue weighted by Crippen LogP contribution is 2.20. The van der Waals surface area contributed by atoms with Crippen LogP contribution in [0.3, 0.4) is 0 Å². The molecule has 1 aromatic carbocycles. The molecule has 0 atom stereocenters. The van der Waals surface area contributed by atoms with E-state index in [1.54, 1.807) is 0 Å². The van der Waals surface area contributed by atoms with E-state index in [9.17, 15) is 4.79 Å². The van der Waals surface area contributed by atoms with E-state index in [2.05, 4.69) is 43.4 Å². The average molecular weight is 262 g/mol. The standard InChI is InChI=1S/C15H22N2O2/c1-11(2)12-3-5-13(6-4-12)16-14-7-9-17(10-8-14)15(18)19/h3-6,11,14,16H,7-10H2,1-2H3,(H,18,19). The van der Waals surface area contributed by atoms with Gasteiger partial charge in [0.15, 0.2) is 0 Å². The van der Waals surface area contributed by atoms with E-state index in [1.165, 1.54) is 10.5 Å². The number of hydrogen-bond acceptors (Lipinski definition) is 2. The maximum Gasteiger partial charge on any atom is 0.407 e. The van der Waals surface area contributed by atoms with Crippen LogP contribution in [-0.2, 0) is 0 Å². The first-order valence-corrected chi connectivity index (χ1v) is 6.90. The molecule has 1 saturated heterocycles.